The molecule has 1 aliphatic carbocycles. The van der Waals surface area contributed by atoms with Crippen molar-refractivity contribution in [3.8, 4) is 0 Å². The molecule has 0 saturated carbocycles. The van der Waals surface area contributed by atoms with Gasteiger partial charge in [-0.1, -0.05) is 19.1 Å². The Bertz CT molecular complexity index is 182. The molecule has 0 aliphatic heterocycles. The van der Waals surface area contributed by atoms with Gasteiger partial charge in [-0.2, -0.15) is 0 Å². The normalized spacial score (nSPS) is 23.9. The Balaban J connectivity index is 2.60. The van der Waals surface area contributed by atoms with Gasteiger partial charge in [0.2, 0.25) is 0 Å². The van der Waals surface area contributed by atoms with E-state index in [1.807, 2.05) is 0 Å². The van der Waals surface area contributed by atoms with E-state index in [2.05, 4.69) is 44.9 Å². The van der Waals surface area contributed by atoms with Gasteiger partial charge in [-0.15, -0.1) is 0 Å². The van der Waals surface area contributed by atoms with Crippen molar-refractivity contribution in [1.82, 2.24) is 4.90 Å². The van der Waals surface area contributed by atoms with Gasteiger partial charge in [0, 0.05) is 11.6 Å². The fraction of sp³-hybridized carbons (Fsp3) is 0.833. The van der Waals surface area contributed by atoms with Crippen LogP contribution in [0.5, 0.6) is 0 Å². The standard InChI is InChI=1S/C12H23N/c1-5-12(2,3)13(4)11-9-7-6-8-10-11/h7,9,11H,5-6,8,10H2,1-4H3. The molecule has 0 aromatic heterocycles. The fourth-order valence-electron chi connectivity index (χ4n) is 1.82. The lowest BCUT2D eigenvalue weighted by atomic mass is 9.93. The van der Waals surface area contributed by atoms with E-state index in [0.717, 1.165) is 0 Å². The molecule has 0 radical (unpaired) electrons. The van der Waals surface area contributed by atoms with Crippen LogP contribution in [0.15, 0.2) is 12.2 Å². The first-order valence-corrected chi connectivity index (χ1v) is 5.47. The third-order valence-electron chi connectivity index (χ3n) is 3.55. The first kappa shape index (κ1) is 10.8. The summed E-state index contributed by atoms with van der Waals surface area (Å²) in [6.45, 7) is 6.92. The van der Waals surface area contributed by atoms with Crippen LogP contribution in [0.25, 0.3) is 0 Å². The van der Waals surface area contributed by atoms with Crippen LogP contribution in [0.1, 0.15) is 46.5 Å². The highest BCUT2D eigenvalue weighted by atomic mass is 15.2. The summed E-state index contributed by atoms with van der Waals surface area (Å²) >= 11 is 0. The number of likely N-dealkylation sites (N-methyl/N-ethyl adjacent to an activating group) is 1. The molecule has 0 N–H and O–H groups in total. The van der Waals surface area contributed by atoms with Gasteiger partial charge in [0.05, 0.1) is 0 Å². The Labute approximate surface area is 82.8 Å². The van der Waals surface area contributed by atoms with Crippen molar-refractivity contribution in [2.75, 3.05) is 7.05 Å². The first-order valence-electron chi connectivity index (χ1n) is 5.47. The Morgan fingerprint density at radius 3 is 2.62 bits per heavy atom. The van der Waals surface area contributed by atoms with Gasteiger partial charge in [0.25, 0.3) is 0 Å². The van der Waals surface area contributed by atoms with Crippen LogP contribution in [-0.2, 0) is 0 Å². The molecule has 0 aromatic rings. The largest absolute Gasteiger partial charge is 0.295 e. The Morgan fingerprint density at radius 1 is 1.46 bits per heavy atom. The number of allylic oxidation sites excluding steroid dienone is 1. The van der Waals surface area contributed by atoms with Crippen molar-refractivity contribution < 1.29 is 0 Å². The van der Waals surface area contributed by atoms with E-state index in [9.17, 15) is 0 Å². The first-order chi connectivity index (χ1) is 6.08. The minimum absolute atomic E-state index is 0.340. The Morgan fingerprint density at radius 2 is 2.15 bits per heavy atom. The lowest BCUT2D eigenvalue weighted by molar-refractivity contribution is 0.112. The van der Waals surface area contributed by atoms with E-state index >= 15 is 0 Å². The predicted octanol–water partition coefficient (Wildman–Crippen LogP) is 3.22. The van der Waals surface area contributed by atoms with Gasteiger partial charge in [-0.25, -0.2) is 0 Å². The molecule has 0 fully saturated rings. The maximum Gasteiger partial charge on any atom is 0.0280 e. The number of hydrogen-bond acceptors (Lipinski definition) is 1. The molecule has 1 heteroatoms. The van der Waals surface area contributed by atoms with Crippen molar-refractivity contribution >= 4 is 0 Å². The van der Waals surface area contributed by atoms with Crippen molar-refractivity contribution in [2.24, 2.45) is 0 Å². The summed E-state index contributed by atoms with van der Waals surface area (Å²) < 4.78 is 0. The van der Waals surface area contributed by atoms with E-state index in [4.69, 9.17) is 0 Å². The second kappa shape index (κ2) is 4.28. The van der Waals surface area contributed by atoms with Crippen LogP contribution < -0.4 is 0 Å². The van der Waals surface area contributed by atoms with Gasteiger partial charge in [-0.05, 0) is 46.6 Å². The monoisotopic (exact) mass is 181 g/mol. The lowest BCUT2D eigenvalue weighted by Gasteiger charge is -2.40. The van der Waals surface area contributed by atoms with Crippen molar-refractivity contribution in [3.05, 3.63) is 12.2 Å². The minimum atomic E-state index is 0.340. The number of hydrogen-bond donors (Lipinski definition) is 0. The predicted molar refractivity (Wildman–Crippen MR) is 58.9 cm³/mol. The van der Waals surface area contributed by atoms with Crippen LogP contribution in [0.4, 0.5) is 0 Å². The highest BCUT2D eigenvalue weighted by molar-refractivity contribution is 5.00. The molecule has 1 rings (SSSR count). The molecule has 0 bridgehead atoms. The maximum atomic E-state index is 2.52. The highest BCUT2D eigenvalue weighted by Crippen LogP contribution is 2.24. The summed E-state index contributed by atoms with van der Waals surface area (Å²) in [5, 5.41) is 0. The van der Waals surface area contributed by atoms with E-state index in [0.29, 0.717) is 11.6 Å². The number of rotatable bonds is 3. The summed E-state index contributed by atoms with van der Waals surface area (Å²) in [4.78, 5) is 2.52. The molecule has 1 nitrogen and oxygen atoms in total. The van der Waals surface area contributed by atoms with E-state index in [1.165, 1.54) is 25.7 Å². The molecular weight excluding hydrogens is 158 g/mol. The highest BCUT2D eigenvalue weighted by Gasteiger charge is 2.26. The lowest BCUT2D eigenvalue weighted by Crippen LogP contribution is -2.46. The van der Waals surface area contributed by atoms with Gasteiger partial charge in [0.15, 0.2) is 0 Å². The van der Waals surface area contributed by atoms with Crippen LogP contribution in [0.2, 0.25) is 0 Å². The molecule has 0 amide bonds. The second-order valence-electron chi connectivity index (χ2n) is 4.70. The van der Waals surface area contributed by atoms with Gasteiger partial charge in [0.1, 0.15) is 0 Å². The third kappa shape index (κ3) is 2.57. The summed E-state index contributed by atoms with van der Waals surface area (Å²) in [5.41, 5.74) is 0.340. The summed E-state index contributed by atoms with van der Waals surface area (Å²) in [6, 6.07) is 0.670. The second-order valence-corrected chi connectivity index (χ2v) is 4.70. The number of nitrogens with zero attached hydrogens (tertiary/aromatic N) is 1. The van der Waals surface area contributed by atoms with E-state index in [1.54, 1.807) is 0 Å². The van der Waals surface area contributed by atoms with Crippen LogP contribution in [-0.4, -0.2) is 23.5 Å². The SMILES string of the molecule is CCC(C)(C)N(C)C1C=CCCC1. The van der Waals surface area contributed by atoms with E-state index in [-0.39, 0.29) is 0 Å². The molecule has 13 heavy (non-hydrogen) atoms. The summed E-state index contributed by atoms with van der Waals surface area (Å²) in [6.07, 6.45) is 9.88. The average molecular weight is 181 g/mol. The maximum absolute atomic E-state index is 2.52. The van der Waals surface area contributed by atoms with Gasteiger partial charge in [-0.3, -0.25) is 4.90 Å². The zero-order chi connectivity index (χ0) is 9.90. The molecule has 0 aromatic carbocycles. The molecule has 1 unspecified atom stereocenters. The molecule has 0 heterocycles. The van der Waals surface area contributed by atoms with Crippen LogP contribution in [0, 0.1) is 0 Å². The quantitative estimate of drug-likeness (QED) is 0.604. The molecule has 0 spiro atoms. The van der Waals surface area contributed by atoms with Gasteiger partial charge >= 0.3 is 0 Å². The molecule has 1 atom stereocenters. The average Bonchev–Trinajstić information content (AvgIpc) is 2.18. The Hall–Kier alpha value is -0.300. The molecule has 1 aliphatic rings. The topological polar surface area (TPSA) is 3.24 Å². The molecule has 0 saturated heterocycles. The zero-order valence-electron chi connectivity index (χ0n) is 9.51. The molecule has 76 valence electrons. The third-order valence-corrected chi connectivity index (χ3v) is 3.55. The summed E-state index contributed by atoms with van der Waals surface area (Å²) in [5.74, 6) is 0. The summed E-state index contributed by atoms with van der Waals surface area (Å²) in [7, 11) is 2.25. The van der Waals surface area contributed by atoms with Crippen LogP contribution in [0.3, 0.4) is 0 Å². The van der Waals surface area contributed by atoms with Crippen molar-refractivity contribution in [3.63, 3.8) is 0 Å². The Kier molecular flexibility index (Phi) is 3.55. The smallest absolute Gasteiger partial charge is 0.0280 e. The van der Waals surface area contributed by atoms with E-state index < -0.39 is 0 Å². The van der Waals surface area contributed by atoms with Gasteiger partial charge < -0.3 is 0 Å². The molecular formula is C12H23N. The minimum Gasteiger partial charge on any atom is -0.295 e. The van der Waals surface area contributed by atoms with Crippen molar-refractivity contribution in [1.29, 1.82) is 0 Å². The fourth-order valence-corrected chi connectivity index (χ4v) is 1.82. The van der Waals surface area contributed by atoms with Crippen molar-refractivity contribution in [2.45, 2.75) is 58.0 Å². The zero-order valence-corrected chi connectivity index (χ0v) is 9.51. The van der Waals surface area contributed by atoms with Crippen LogP contribution >= 0.6 is 0 Å².